The number of hydrogen-bond donors (Lipinski definition) is 2. The second-order valence-electron chi connectivity index (χ2n) is 3.22. The Bertz CT molecular complexity index is 347. The number of anilines is 1. The van der Waals surface area contributed by atoms with Gasteiger partial charge in [0, 0.05) is 0 Å². The van der Waals surface area contributed by atoms with Crippen molar-refractivity contribution in [2.45, 2.75) is 20.0 Å². The lowest BCUT2D eigenvalue weighted by atomic mass is 10.2. The van der Waals surface area contributed by atoms with Crippen molar-refractivity contribution in [1.82, 2.24) is 0 Å². The summed E-state index contributed by atoms with van der Waals surface area (Å²) in [5, 5.41) is 8.74. The van der Waals surface area contributed by atoms with Crippen molar-refractivity contribution >= 4 is 11.7 Å². The predicted octanol–water partition coefficient (Wildman–Crippen LogP) is 1.75. The van der Waals surface area contributed by atoms with Crippen molar-refractivity contribution in [3.63, 3.8) is 0 Å². The zero-order valence-corrected chi connectivity index (χ0v) is 8.15. The molecular formula is C10H13NO3. The third kappa shape index (κ3) is 2.39. The predicted molar refractivity (Wildman–Crippen MR) is 53.6 cm³/mol. The van der Waals surface area contributed by atoms with Crippen LogP contribution in [0.3, 0.4) is 0 Å². The summed E-state index contributed by atoms with van der Waals surface area (Å²) in [4.78, 5) is 10.7. The van der Waals surface area contributed by atoms with Gasteiger partial charge in [-0.3, -0.25) is 0 Å². The monoisotopic (exact) mass is 195 g/mol. The minimum absolute atomic E-state index is 0.0265. The molecular weight excluding hydrogens is 182 g/mol. The third-order valence-electron chi connectivity index (χ3n) is 1.62. The van der Waals surface area contributed by atoms with Crippen LogP contribution in [0, 0.1) is 0 Å². The molecule has 0 saturated carbocycles. The molecule has 4 heteroatoms. The van der Waals surface area contributed by atoms with E-state index >= 15 is 0 Å². The summed E-state index contributed by atoms with van der Waals surface area (Å²) in [5.74, 6) is -0.571. The summed E-state index contributed by atoms with van der Waals surface area (Å²) in [6.07, 6.45) is -0.0265. The number of hydrogen-bond acceptors (Lipinski definition) is 3. The molecule has 0 aliphatic heterocycles. The molecule has 0 fully saturated rings. The van der Waals surface area contributed by atoms with Crippen molar-refractivity contribution in [2.24, 2.45) is 0 Å². The zero-order valence-electron chi connectivity index (χ0n) is 8.15. The molecule has 1 aromatic rings. The summed E-state index contributed by atoms with van der Waals surface area (Å²) in [7, 11) is 0. The molecule has 76 valence electrons. The number of nitrogens with two attached hydrogens (primary N) is 1. The fourth-order valence-corrected chi connectivity index (χ4v) is 1.02. The van der Waals surface area contributed by atoms with E-state index in [1.54, 1.807) is 0 Å². The average molecular weight is 195 g/mol. The number of carboxylic acid groups (broad SMARTS) is 1. The summed E-state index contributed by atoms with van der Waals surface area (Å²) in [6.45, 7) is 3.71. The van der Waals surface area contributed by atoms with E-state index in [1.807, 2.05) is 13.8 Å². The molecule has 0 aliphatic carbocycles. The molecule has 0 radical (unpaired) electrons. The highest BCUT2D eigenvalue weighted by Crippen LogP contribution is 2.23. The van der Waals surface area contributed by atoms with Crippen molar-refractivity contribution in [1.29, 1.82) is 0 Å². The Hall–Kier alpha value is -1.71. The number of aromatic carboxylic acids is 1. The van der Waals surface area contributed by atoms with Gasteiger partial charge in [0.15, 0.2) is 0 Å². The first-order chi connectivity index (χ1) is 6.50. The zero-order chi connectivity index (χ0) is 10.7. The Morgan fingerprint density at radius 3 is 2.64 bits per heavy atom. The van der Waals surface area contributed by atoms with Crippen molar-refractivity contribution < 1.29 is 14.6 Å². The second kappa shape index (κ2) is 4.00. The molecule has 0 atom stereocenters. The Balaban J connectivity index is 3.02. The second-order valence-corrected chi connectivity index (χ2v) is 3.22. The van der Waals surface area contributed by atoms with Gasteiger partial charge in [-0.25, -0.2) is 4.79 Å². The fraction of sp³-hybridized carbons (Fsp3) is 0.300. The van der Waals surface area contributed by atoms with Crippen LogP contribution in [-0.4, -0.2) is 17.2 Å². The van der Waals surface area contributed by atoms with E-state index in [4.69, 9.17) is 15.6 Å². The molecule has 0 unspecified atom stereocenters. The number of ether oxygens (including phenoxy) is 1. The van der Waals surface area contributed by atoms with Gasteiger partial charge in [-0.2, -0.15) is 0 Å². The van der Waals surface area contributed by atoms with Crippen molar-refractivity contribution in [3.05, 3.63) is 23.8 Å². The van der Waals surface area contributed by atoms with E-state index in [0.717, 1.165) is 0 Å². The van der Waals surface area contributed by atoms with Gasteiger partial charge >= 0.3 is 5.97 Å². The van der Waals surface area contributed by atoms with Crippen LogP contribution in [-0.2, 0) is 0 Å². The van der Waals surface area contributed by atoms with Crippen LogP contribution in [0.2, 0.25) is 0 Å². The molecule has 3 N–H and O–H groups in total. The Labute approximate surface area is 82.3 Å². The van der Waals surface area contributed by atoms with E-state index < -0.39 is 5.97 Å². The maximum atomic E-state index is 10.7. The molecule has 0 amide bonds. The summed E-state index contributed by atoms with van der Waals surface area (Å²) >= 11 is 0. The number of carbonyl (C=O) groups is 1. The summed E-state index contributed by atoms with van der Waals surface area (Å²) in [5.41, 5.74) is 6.24. The molecule has 0 spiro atoms. The van der Waals surface area contributed by atoms with E-state index in [9.17, 15) is 4.79 Å². The van der Waals surface area contributed by atoms with E-state index in [1.165, 1.54) is 18.2 Å². The lowest BCUT2D eigenvalue weighted by Gasteiger charge is -2.12. The highest BCUT2D eigenvalue weighted by molar-refractivity contribution is 5.89. The van der Waals surface area contributed by atoms with Gasteiger partial charge in [-0.1, -0.05) is 0 Å². The number of nitrogen functional groups attached to an aromatic ring is 1. The molecule has 4 nitrogen and oxygen atoms in total. The van der Waals surface area contributed by atoms with Crippen LogP contribution in [0.4, 0.5) is 5.69 Å². The molecule has 1 aromatic carbocycles. The lowest BCUT2D eigenvalue weighted by molar-refractivity contribution is 0.0696. The topological polar surface area (TPSA) is 72.5 Å². The SMILES string of the molecule is CC(C)Oc1cc(C(=O)O)ccc1N. The third-order valence-corrected chi connectivity index (χ3v) is 1.62. The summed E-state index contributed by atoms with van der Waals surface area (Å²) in [6, 6.07) is 4.41. The van der Waals surface area contributed by atoms with E-state index in [2.05, 4.69) is 0 Å². The van der Waals surface area contributed by atoms with Gasteiger partial charge in [0.2, 0.25) is 0 Å². The van der Waals surface area contributed by atoms with Crippen LogP contribution in [0.1, 0.15) is 24.2 Å². The van der Waals surface area contributed by atoms with Gasteiger partial charge in [0.25, 0.3) is 0 Å². The molecule has 0 aliphatic rings. The van der Waals surface area contributed by atoms with Crippen molar-refractivity contribution in [3.8, 4) is 5.75 Å². The Kier molecular flexibility index (Phi) is 2.96. The Morgan fingerprint density at radius 1 is 1.50 bits per heavy atom. The Morgan fingerprint density at radius 2 is 2.14 bits per heavy atom. The molecule has 14 heavy (non-hydrogen) atoms. The molecule has 0 heterocycles. The van der Waals surface area contributed by atoms with Crippen LogP contribution < -0.4 is 10.5 Å². The van der Waals surface area contributed by atoms with Gasteiger partial charge in [0.1, 0.15) is 5.75 Å². The molecule has 1 rings (SSSR count). The van der Waals surface area contributed by atoms with Gasteiger partial charge in [-0.05, 0) is 32.0 Å². The highest BCUT2D eigenvalue weighted by Gasteiger charge is 2.08. The number of carboxylic acids is 1. The van der Waals surface area contributed by atoms with Gasteiger partial charge in [-0.15, -0.1) is 0 Å². The standard InChI is InChI=1S/C10H13NO3/c1-6(2)14-9-5-7(10(12)13)3-4-8(9)11/h3-6H,11H2,1-2H3,(H,12,13). The number of benzene rings is 1. The van der Waals surface area contributed by atoms with Crippen LogP contribution in [0.5, 0.6) is 5.75 Å². The molecule has 0 aromatic heterocycles. The van der Waals surface area contributed by atoms with Crippen LogP contribution in [0.15, 0.2) is 18.2 Å². The molecule has 0 bridgehead atoms. The van der Waals surface area contributed by atoms with Gasteiger partial charge in [0.05, 0.1) is 17.4 Å². The summed E-state index contributed by atoms with van der Waals surface area (Å²) < 4.78 is 5.35. The quantitative estimate of drug-likeness (QED) is 0.721. The first-order valence-corrected chi connectivity index (χ1v) is 4.30. The first kappa shape index (κ1) is 10.4. The number of rotatable bonds is 3. The smallest absolute Gasteiger partial charge is 0.335 e. The van der Waals surface area contributed by atoms with Gasteiger partial charge < -0.3 is 15.6 Å². The maximum Gasteiger partial charge on any atom is 0.335 e. The lowest BCUT2D eigenvalue weighted by Crippen LogP contribution is -2.08. The van der Waals surface area contributed by atoms with Crippen LogP contribution >= 0.6 is 0 Å². The minimum Gasteiger partial charge on any atom is -0.489 e. The first-order valence-electron chi connectivity index (χ1n) is 4.30. The molecule has 0 saturated heterocycles. The largest absolute Gasteiger partial charge is 0.489 e. The highest BCUT2D eigenvalue weighted by atomic mass is 16.5. The minimum atomic E-state index is -0.987. The maximum absolute atomic E-state index is 10.7. The normalized spacial score (nSPS) is 10.2. The van der Waals surface area contributed by atoms with Crippen molar-refractivity contribution in [2.75, 3.05) is 5.73 Å². The average Bonchev–Trinajstić information content (AvgIpc) is 2.07. The van der Waals surface area contributed by atoms with E-state index in [0.29, 0.717) is 11.4 Å². The van der Waals surface area contributed by atoms with E-state index in [-0.39, 0.29) is 11.7 Å². The van der Waals surface area contributed by atoms with Crippen LogP contribution in [0.25, 0.3) is 0 Å². The fourth-order valence-electron chi connectivity index (χ4n) is 1.02.